The fraction of sp³-hybridized carbons (Fsp3) is 0.727. The van der Waals surface area contributed by atoms with Gasteiger partial charge in [-0.15, -0.1) is 0 Å². The molecule has 1 nitrogen and oxygen atoms in total. The van der Waals surface area contributed by atoms with Gasteiger partial charge in [-0.3, -0.25) is 0 Å². The highest BCUT2D eigenvalue weighted by atomic mass is 19.1. The quantitative estimate of drug-likeness (QED) is 0.390. The number of rotatable bonds is 11. The molecule has 0 aliphatic heterocycles. The van der Waals surface area contributed by atoms with E-state index in [2.05, 4.69) is 6.92 Å². The zero-order chi connectivity index (χ0) is 17.0. The van der Waals surface area contributed by atoms with E-state index in [0.29, 0.717) is 0 Å². The molecule has 0 aromatic heterocycles. The van der Waals surface area contributed by atoms with E-state index in [4.69, 9.17) is 4.74 Å². The summed E-state index contributed by atoms with van der Waals surface area (Å²) in [5, 5.41) is 0. The summed E-state index contributed by atoms with van der Waals surface area (Å²) < 4.78 is 18.6. The largest absolute Gasteiger partial charge is 0.494 e. The van der Waals surface area contributed by atoms with E-state index in [-0.39, 0.29) is 5.82 Å². The molecule has 136 valence electrons. The molecule has 0 spiro atoms. The van der Waals surface area contributed by atoms with Crippen LogP contribution in [0.25, 0.3) is 0 Å². The molecule has 2 atom stereocenters. The minimum absolute atomic E-state index is 0.202. The number of unbranched alkanes of at least 4 members (excludes halogenated alkanes) is 4. The van der Waals surface area contributed by atoms with Crippen molar-refractivity contribution >= 4 is 0 Å². The molecule has 0 bridgehead atoms. The number of benzene rings is 1. The van der Waals surface area contributed by atoms with Crippen molar-refractivity contribution in [2.45, 2.75) is 84.0 Å². The number of hydrogen-bond acceptors (Lipinski definition) is 1. The van der Waals surface area contributed by atoms with Crippen LogP contribution >= 0.6 is 0 Å². The molecule has 1 aliphatic carbocycles. The van der Waals surface area contributed by atoms with E-state index in [0.717, 1.165) is 30.6 Å². The van der Waals surface area contributed by atoms with Gasteiger partial charge in [-0.2, -0.15) is 0 Å². The Bertz CT molecular complexity index is 428. The number of ether oxygens (including phenoxy) is 1. The monoisotopic (exact) mass is 334 g/mol. The maximum absolute atomic E-state index is 12.9. The Kier molecular flexibility index (Phi) is 9.23. The standard InChI is InChI=1S/C22H35FO/c1-2-3-4-5-6-10-19-11-7-8-12-20(19)13-9-18-24-22-16-14-21(23)15-17-22/h14-17,19-20H,2-13,18H2,1H3. The molecule has 0 heterocycles. The third-order valence-corrected chi connectivity index (χ3v) is 5.55. The Balaban J connectivity index is 1.62. The Morgan fingerprint density at radius 3 is 2.17 bits per heavy atom. The lowest BCUT2D eigenvalue weighted by atomic mass is 9.74. The van der Waals surface area contributed by atoms with Crippen molar-refractivity contribution in [1.29, 1.82) is 0 Å². The lowest BCUT2D eigenvalue weighted by molar-refractivity contribution is 0.190. The van der Waals surface area contributed by atoms with E-state index in [1.54, 1.807) is 12.1 Å². The van der Waals surface area contributed by atoms with Gasteiger partial charge in [0.15, 0.2) is 0 Å². The topological polar surface area (TPSA) is 9.23 Å². The van der Waals surface area contributed by atoms with E-state index in [1.807, 2.05) is 0 Å². The smallest absolute Gasteiger partial charge is 0.123 e. The third kappa shape index (κ3) is 7.23. The van der Waals surface area contributed by atoms with Crippen LogP contribution in [0.4, 0.5) is 4.39 Å². The van der Waals surface area contributed by atoms with Gasteiger partial charge in [-0.25, -0.2) is 4.39 Å². The summed E-state index contributed by atoms with van der Waals surface area (Å²) in [5.41, 5.74) is 0. The van der Waals surface area contributed by atoms with Gasteiger partial charge in [0.2, 0.25) is 0 Å². The van der Waals surface area contributed by atoms with Crippen molar-refractivity contribution in [3.8, 4) is 5.75 Å². The molecule has 1 aliphatic rings. The Morgan fingerprint density at radius 2 is 1.50 bits per heavy atom. The van der Waals surface area contributed by atoms with Gasteiger partial charge in [-0.05, 0) is 48.9 Å². The second kappa shape index (κ2) is 11.5. The maximum Gasteiger partial charge on any atom is 0.123 e. The van der Waals surface area contributed by atoms with Crippen LogP contribution < -0.4 is 4.74 Å². The summed E-state index contributed by atoms with van der Waals surface area (Å²) in [6.07, 6.45) is 16.5. The summed E-state index contributed by atoms with van der Waals surface area (Å²) >= 11 is 0. The first-order chi connectivity index (χ1) is 11.8. The van der Waals surface area contributed by atoms with Gasteiger partial charge in [0, 0.05) is 0 Å². The van der Waals surface area contributed by atoms with Crippen LogP contribution in [0.1, 0.15) is 84.0 Å². The SMILES string of the molecule is CCCCCCCC1CCCCC1CCCOc1ccc(F)cc1. The molecule has 1 saturated carbocycles. The van der Waals surface area contributed by atoms with Crippen molar-refractivity contribution in [1.82, 2.24) is 0 Å². The van der Waals surface area contributed by atoms with E-state index < -0.39 is 0 Å². The van der Waals surface area contributed by atoms with Crippen LogP contribution in [-0.4, -0.2) is 6.61 Å². The zero-order valence-electron chi connectivity index (χ0n) is 15.4. The van der Waals surface area contributed by atoms with Gasteiger partial charge in [0.05, 0.1) is 6.61 Å². The Hall–Kier alpha value is -1.05. The van der Waals surface area contributed by atoms with Gasteiger partial charge < -0.3 is 4.74 Å². The van der Waals surface area contributed by atoms with Crippen LogP contribution in [0, 0.1) is 17.7 Å². The summed E-state index contributed by atoms with van der Waals surface area (Å²) in [4.78, 5) is 0. The second-order valence-electron chi connectivity index (χ2n) is 7.45. The molecule has 0 saturated heterocycles. The molecule has 2 rings (SSSR count). The number of halogens is 1. The van der Waals surface area contributed by atoms with Crippen LogP contribution in [0.5, 0.6) is 5.75 Å². The minimum atomic E-state index is -0.202. The van der Waals surface area contributed by atoms with E-state index >= 15 is 0 Å². The Labute approximate surface area is 148 Å². The molecule has 0 radical (unpaired) electrons. The van der Waals surface area contributed by atoms with Crippen LogP contribution in [0.3, 0.4) is 0 Å². The average molecular weight is 335 g/mol. The number of hydrogen-bond donors (Lipinski definition) is 0. The first kappa shape index (κ1) is 19.3. The molecule has 1 fully saturated rings. The summed E-state index contributed by atoms with van der Waals surface area (Å²) in [6.45, 7) is 3.04. The lowest BCUT2D eigenvalue weighted by Crippen LogP contribution is -2.20. The highest BCUT2D eigenvalue weighted by Gasteiger charge is 2.24. The normalized spacial score (nSPS) is 20.9. The molecule has 2 unspecified atom stereocenters. The summed E-state index contributed by atoms with van der Waals surface area (Å²) in [7, 11) is 0. The van der Waals surface area contributed by atoms with Gasteiger partial charge in [-0.1, -0.05) is 71.1 Å². The molecular formula is C22H35FO. The van der Waals surface area contributed by atoms with Crippen LogP contribution in [0.2, 0.25) is 0 Å². The van der Waals surface area contributed by atoms with Crippen LogP contribution in [0.15, 0.2) is 24.3 Å². The van der Waals surface area contributed by atoms with Crippen molar-refractivity contribution in [2.75, 3.05) is 6.61 Å². The lowest BCUT2D eigenvalue weighted by Gasteiger charge is -2.31. The molecule has 0 amide bonds. The first-order valence-electron chi connectivity index (χ1n) is 10.2. The van der Waals surface area contributed by atoms with Crippen molar-refractivity contribution in [3.63, 3.8) is 0 Å². The van der Waals surface area contributed by atoms with Crippen molar-refractivity contribution in [3.05, 3.63) is 30.1 Å². The minimum Gasteiger partial charge on any atom is -0.494 e. The zero-order valence-corrected chi connectivity index (χ0v) is 15.4. The maximum atomic E-state index is 12.9. The van der Waals surface area contributed by atoms with E-state index in [1.165, 1.54) is 82.8 Å². The van der Waals surface area contributed by atoms with Gasteiger partial charge in [0.1, 0.15) is 11.6 Å². The Morgan fingerprint density at radius 1 is 0.875 bits per heavy atom. The second-order valence-corrected chi connectivity index (χ2v) is 7.45. The average Bonchev–Trinajstić information content (AvgIpc) is 2.61. The highest BCUT2D eigenvalue weighted by molar-refractivity contribution is 5.21. The van der Waals surface area contributed by atoms with Gasteiger partial charge >= 0.3 is 0 Å². The summed E-state index contributed by atoms with van der Waals surface area (Å²) in [5.74, 6) is 2.44. The van der Waals surface area contributed by atoms with Crippen LogP contribution in [-0.2, 0) is 0 Å². The van der Waals surface area contributed by atoms with Crippen molar-refractivity contribution < 1.29 is 9.13 Å². The predicted molar refractivity (Wildman–Crippen MR) is 100.0 cm³/mol. The predicted octanol–water partition coefficient (Wildman–Crippen LogP) is 7.15. The molecule has 24 heavy (non-hydrogen) atoms. The van der Waals surface area contributed by atoms with Crippen molar-refractivity contribution in [2.24, 2.45) is 11.8 Å². The molecular weight excluding hydrogens is 299 g/mol. The highest BCUT2D eigenvalue weighted by Crippen LogP contribution is 2.36. The fourth-order valence-corrected chi connectivity index (χ4v) is 4.12. The van der Waals surface area contributed by atoms with Gasteiger partial charge in [0.25, 0.3) is 0 Å². The fourth-order valence-electron chi connectivity index (χ4n) is 4.12. The molecule has 1 aromatic carbocycles. The molecule has 2 heteroatoms. The summed E-state index contributed by atoms with van der Waals surface area (Å²) in [6, 6.07) is 6.36. The van der Waals surface area contributed by atoms with E-state index in [9.17, 15) is 4.39 Å². The molecule has 1 aromatic rings. The molecule has 0 N–H and O–H groups in total. The third-order valence-electron chi connectivity index (χ3n) is 5.55. The first-order valence-corrected chi connectivity index (χ1v) is 10.2.